The molecule has 2 heterocycles. The number of hydrogen-bond donors (Lipinski definition) is 0. The molecule has 174 valence electrons. The first-order chi connectivity index (χ1) is 17.7. The number of imidazole rings is 1. The zero-order valence-corrected chi connectivity index (χ0v) is 21.2. The van der Waals surface area contributed by atoms with E-state index in [-0.39, 0.29) is 0 Å². The second-order valence-corrected chi connectivity index (χ2v) is 10.9. The molecule has 0 N–H and O–H groups in total. The molecule has 36 heavy (non-hydrogen) atoms. The summed E-state index contributed by atoms with van der Waals surface area (Å²) in [6.45, 7) is 4.44. The van der Waals surface area contributed by atoms with Gasteiger partial charge in [0.05, 0.1) is 11.0 Å². The maximum absolute atomic E-state index is 5.16. The molecule has 7 rings (SSSR count). The number of benzene rings is 4. The Kier molecular flexibility index (Phi) is 5.00. The number of aryl methyl sites for hydroxylation is 2. The summed E-state index contributed by atoms with van der Waals surface area (Å²) in [5.74, 6) is 1.45. The lowest BCUT2D eigenvalue weighted by molar-refractivity contribution is 0.881. The van der Waals surface area contributed by atoms with Crippen molar-refractivity contribution in [2.75, 3.05) is 0 Å². The molecule has 0 amide bonds. The Morgan fingerprint density at radius 3 is 2.39 bits per heavy atom. The van der Waals surface area contributed by atoms with E-state index >= 15 is 0 Å². The molecule has 0 radical (unpaired) electrons. The summed E-state index contributed by atoms with van der Waals surface area (Å²) in [7, 11) is 0. The number of thioether (sulfide) groups is 1. The van der Waals surface area contributed by atoms with Gasteiger partial charge in [-0.3, -0.25) is 4.57 Å². The summed E-state index contributed by atoms with van der Waals surface area (Å²) in [6.07, 6.45) is 9.06. The lowest BCUT2D eigenvalue weighted by atomic mass is 9.88. The van der Waals surface area contributed by atoms with Crippen LogP contribution in [-0.2, 0) is 0 Å². The molecule has 2 aliphatic rings. The number of rotatable bonds is 3. The molecule has 1 aliphatic heterocycles. The molecule has 0 saturated carbocycles. The summed E-state index contributed by atoms with van der Waals surface area (Å²) in [5.41, 5.74) is 11.0. The van der Waals surface area contributed by atoms with Crippen LogP contribution >= 0.6 is 11.8 Å². The first-order valence-electron chi connectivity index (χ1n) is 12.5. The average molecular weight is 483 g/mol. The summed E-state index contributed by atoms with van der Waals surface area (Å²) in [5, 5.41) is 0.485. The smallest absolute Gasteiger partial charge is 0.146 e. The molecule has 2 atom stereocenters. The third-order valence-electron chi connectivity index (χ3n) is 7.42. The van der Waals surface area contributed by atoms with E-state index in [1.54, 1.807) is 0 Å². The summed E-state index contributed by atoms with van der Waals surface area (Å²) in [4.78, 5) is 6.57. The Bertz CT molecular complexity index is 1690. The molecular formula is C33H26N2S. The van der Waals surface area contributed by atoms with E-state index in [1.165, 1.54) is 38.3 Å². The van der Waals surface area contributed by atoms with Crippen molar-refractivity contribution >= 4 is 22.8 Å². The largest absolute Gasteiger partial charge is 0.292 e. The van der Waals surface area contributed by atoms with Crippen molar-refractivity contribution in [3.63, 3.8) is 0 Å². The van der Waals surface area contributed by atoms with E-state index < -0.39 is 0 Å². The molecule has 0 fully saturated rings. The normalized spacial score (nSPS) is 17.9. The maximum atomic E-state index is 5.16. The second kappa shape index (κ2) is 8.39. The van der Waals surface area contributed by atoms with Gasteiger partial charge in [-0.05, 0) is 72.0 Å². The van der Waals surface area contributed by atoms with E-state index in [0.717, 1.165) is 22.5 Å². The maximum Gasteiger partial charge on any atom is 0.146 e. The Morgan fingerprint density at radius 2 is 1.50 bits per heavy atom. The van der Waals surface area contributed by atoms with Crippen molar-refractivity contribution < 1.29 is 0 Å². The second-order valence-electron chi connectivity index (χ2n) is 9.68. The summed E-state index contributed by atoms with van der Waals surface area (Å²) < 4.78 is 2.30. The van der Waals surface area contributed by atoms with E-state index in [0.29, 0.717) is 11.2 Å². The standard InChI is InChI=1S/C33H26N2S/c1-21-19-22(2)28(33-34-29-16-7-8-17-30(29)35(33)23-11-4-3-5-12-23)20-27(21)26-15-10-14-25-24-13-6-9-18-31(24)36-32(25)26/h3-20,24,31H,1-2H3. The fourth-order valence-electron chi connectivity index (χ4n) is 5.71. The van der Waals surface area contributed by atoms with Gasteiger partial charge in [-0.25, -0.2) is 4.98 Å². The van der Waals surface area contributed by atoms with Crippen LogP contribution in [0.1, 0.15) is 22.6 Å². The van der Waals surface area contributed by atoms with Gasteiger partial charge < -0.3 is 0 Å². The van der Waals surface area contributed by atoms with Gasteiger partial charge in [-0.2, -0.15) is 0 Å². The van der Waals surface area contributed by atoms with Crippen LogP contribution in [-0.4, -0.2) is 14.8 Å². The summed E-state index contributed by atoms with van der Waals surface area (Å²) >= 11 is 2.00. The van der Waals surface area contributed by atoms with Gasteiger partial charge in [0.25, 0.3) is 0 Å². The van der Waals surface area contributed by atoms with E-state index in [9.17, 15) is 0 Å². The molecule has 4 aromatic carbocycles. The van der Waals surface area contributed by atoms with Gasteiger partial charge in [0.2, 0.25) is 0 Å². The Hall–Kier alpha value is -3.82. The molecule has 2 nitrogen and oxygen atoms in total. The SMILES string of the molecule is Cc1cc(C)c(-c2nc3ccccc3n2-c2ccccc2)cc1-c1cccc2c1SC1C=CC=CC21. The highest BCUT2D eigenvalue weighted by Gasteiger charge is 2.33. The van der Waals surface area contributed by atoms with Gasteiger partial charge in [0.15, 0.2) is 0 Å². The highest BCUT2D eigenvalue weighted by atomic mass is 32.2. The Morgan fingerprint density at radius 1 is 0.722 bits per heavy atom. The van der Waals surface area contributed by atoms with Crippen LogP contribution in [0.25, 0.3) is 39.2 Å². The van der Waals surface area contributed by atoms with E-state index in [2.05, 4.69) is 128 Å². The van der Waals surface area contributed by atoms with Crippen molar-refractivity contribution in [1.82, 2.24) is 9.55 Å². The first kappa shape index (κ1) is 21.5. The van der Waals surface area contributed by atoms with E-state index in [4.69, 9.17) is 4.98 Å². The number of nitrogens with zero attached hydrogens (tertiary/aromatic N) is 2. The quantitative estimate of drug-likeness (QED) is 0.256. The number of para-hydroxylation sites is 3. The minimum absolute atomic E-state index is 0.461. The molecule has 3 heteroatoms. The molecule has 2 unspecified atom stereocenters. The van der Waals surface area contributed by atoms with Crippen molar-refractivity contribution in [3.8, 4) is 28.2 Å². The first-order valence-corrected chi connectivity index (χ1v) is 13.4. The molecule has 0 saturated heterocycles. The molecular weight excluding hydrogens is 456 g/mol. The van der Waals surface area contributed by atoms with Crippen LogP contribution in [0.15, 0.2) is 114 Å². The lowest BCUT2D eigenvalue weighted by Crippen LogP contribution is -2.06. The van der Waals surface area contributed by atoms with Gasteiger partial charge in [0, 0.05) is 27.3 Å². The number of allylic oxidation sites excluding steroid dienone is 3. The number of fused-ring (bicyclic) bond motifs is 4. The van der Waals surface area contributed by atoms with Crippen molar-refractivity contribution in [1.29, 1.82) is 0 Å². The zero-order valence-electron chi connectivity index (χ0n) is 20.3. The summed E-state index contributed by atoms with van der Waals surface area (Å²) in [6, 6.07) is 30.5. The van der Waals surface area contributed by atoms with Crippen LogP contribution in [0.4, 0.5) is 0 Å². The minimum atomic E-state index is 0.461. The molecule has 5 aromatic rings. The van der Waals surface area contributed by atoms with Gasteiger partial charge in [-0.15, -0.1) is 11.8 Å². The van der Waals surface area contributed by atoms with Crippen LogP contribution in [0.5, 0.6) is 0 Å². The van der Waals surface area contributed by atoms with Crippen molar-refractivity contribution in [2.24, 2.45) is 0 Å². The van der Waals surface area contributed by atoms with Crippen molar-refractivity contribution in [2.45, 2.75) is 29.9 Å². The highest BCUT2D eigenvalue weighted by molar-refractivity contribution is 8.00. The fraction of sp³-hybridized carbons (Fsp3) is 0.121. The fourth-order valence-corrected chi connectivity index (χ4v) is 7.18. The van der Waals surface area contributed by atoms with Gasteiger partial charge in [-0.1, -0.05) is 78.9 Å². The Labute approximate surface area is 216 Å². The number of hydrogen-bond acceptors (Lipinski definition) is 2. The predicted octanol–water partition coefficient (Wildman–Crippen LogP) is 8.66. The minimum Gasteiger partial charge on any atom is -0.292 e. The molecule has 0 spiro atoms. The predicted molar refractivity (Wildman–Crippen MR) is 152 cm³/mol. The number of aromatic nitrogens is 2. The van der Waals surface area contributed by atoms with E-state index in [1.807, 2.05) is 11.8 Å². The monoisotopic (exact) mass is 482 g/mol. The van der Waals surface area contributed by atoms with Gasteiger partial charge in [0.1, 0.15) is 5.82 Å². The molecule has 1 aromatic heterocycles. The average Bonchev–Trinajstić information content (AvgIpc) is 3.48. The zero-order chi connectivity index (χ0) is 24.2. The van der Waals surface area contributed by atoms with Crippen LogP contribution in [0.2, 0.25) is 0 Å². The highest BCUT2D eigenvalue weighted by Crippen LogP contribution is 2.52. The van der Waals surface area contributed by atoms with Crippen molar-refractivity contribution in [3.05, 3.63) is 126 Å². The Balaban J connectivity index is 1.45. The topological polar surface area (TPSA) is 17.8 Å². The van der Waals surface area contributed by atoms with Crippen LogP contribution < -0.4 is 0 Å². The van der Waals surface area contributed by atoms with Crippen LogP contribution in [0, 0.1) is 13.8 Å². The third kappa shape index (κ3) is 3.30. The molecule has 0 bridgehead atoms. The lowest BCUT2D eigenvalue weighted by Gasteiger charge is -2.17. The van der Waals surface area contributed by atoms with Gasteiger partial charge >= 0.3 is 0 Å². The molecule has 1 aliphatic carbocycles. The third-order valence-corrected chi connectivity index (χ3v) is 8.83. The van der Waals surface area contributed by atoms with Crippen LogP contribution in [0.3, 0.4) is 0 Å².